The molecule has 0 spiro atoms. The summed E-state index contributed by atoms with van der Waals surface area (Å²) < 4.78 is 6.34. The number of carbonyl (C=O) groups excluding carboxylic acids is 1. The van der Waals surface area contributed by atoms with Crippen molar-refractivity contribution in [3.8, 4) is 11.3 Å². The zero-order chi connectivity index (χ0) is 21.4. The molecule has 0 saturated carbocycles. The van der Waals surface area contributed by atoms with Gasteiger partial charge in [-0.2, -0.15) is 15.3 Å². The van der Waals surface area contributed by atoms with Gasteiger partial charge in [0.15, 0.2) is 5.65 Å². The summed E-state index contributed by atoms with van der Waals surface area (Å²) in [6.45, 7) is 7.96. The van der Waals surface area contributed by atoms with Gasteiger partial charge in [-0.25, -0.2) is 9.50 Å². The lowest BCUT2D eigenvalue weighted by atomic mass is 10.2. The maximum absolute atomic E-state index is 13.2. The normalized spacial score (nSPS) is 11.4. The van der Waals surface area contributed by atoms with E-state index in [9.17, 15) is 4.79 Å². The molecule has 0 fully saturated rings. The summed E-state index contributed by atoms with van der Waals surface area (Å²) in [6, 6.07) is 1.89. The zero-order valence-corrected chi connectivity index (χ0v) is 19.0. The molecule has 0 aromatic carbocycles. The fraction of sp³-hybridized carbons (Fsp3) is 0.350. The first kappa shape index (κ1) is 20.3. The summed E-state index contributed by atoms with van der Waals surface area (Å²) in [4.78, 5) is 19.3. The van der Waals surface area contributed by atoms with Crippen LogP contribution in [0.3, 0.4) is 0 Å². The van der Waals surface area contributed by atoms with Crippen LogP contribution in [-0.4, -0.2) is 52.0 Å². The van der Waals surface area contributed by atoms with E-state index < -0.39 is 0 Å². The van der Waals surface area contributed by atoms with Gasteiger partial charge in [-0.3, -0.25) is 14.2 Å². The van der Waals surface area contributed by atoms with Crippen LogP contribution < -0.4 is 0 Å². The van der Waals surface area contributed by atoms with Gasteiger partial charge in [0.1, 0.15) is 5.56 Å². The second kappa shape index (κ2) is 8.02. The Labute approximate surface area is 182 Å². The predicted octanol–water partition coefficient (Wildman–Crippen LogP) is 3.17. The third kappa shape index (κ3) is 3.41. The topological polar surface area (TPSA) is 86.1 Å². The average Bonchev–Trinajstić information content (AvgIpc) is 3.44. The number of aryl methyl sites for hydroxylation is 3. The van der Waals surface area contributed by atoms with Crippen molar-refractivity contribution in [2.75, 3.05) is 7.05 Å². The lowest BCUT2D eigenvalue weighted by Gasteiger charge is -2.17. The summed E-state index contributed by atoms with van der Waals surface area (Å²) in [7, 11) is 1.77. The van der Waals surface area contributed by atoms with Crippen LogP contribution in [-0.2, 0) is 19.6 Å². The first-order valence-electron chi connectivity index (χ1n) is 9.77. The number of fused-ring (bicyclic) bond motifs is 1. The van der Waals surface area contributed by atoms with Crippen molar-refractivity contribution in [3.63, 3.8) is 0 Å². The summed E-state index contributed by atoms with van der Waals surface area (Å²) >= 11 is 3.52. The van der Waals surface area contributed by atoms with Crippen LogP contribution in [0.1, 0.15) is 35.6 Å². The third-order valence-electron chi connectivity index (χ3n) is 5.11. The van der Waals surface area contributed by atoms with E-state index in [1.165, 1.54) is 0 Å². The molecular weight excluding hydrogens is 448 g/mol. The number of halogens is 1. The molecule has 4 aromatic rings. The second-order valence-corrected chi connectivity index (χ2v) is 7.88. The second-order valence-electron chi connectivity index (χ2n) is 7.02. The molecule has 9 nitrogen and oxygen atoms in total. The van der Waals surface area contributed by atoms with Crippen LogP contribution in [0.5, 0.6) is 0 Å². The van der Waals surface area contributed by atoms with Gasteiger partial charge in [0.05, 0.1) is 40.5 Å². The van der Waals surface area contributed by atoms with E-state index in [0.717, 1.165) is 40.2 Å². The Hall–Kier alpha value is -3.01. The van der Waals surface area contributed by atoms with Crippen molar-refractivity contribution in [1.82, 2.24) is 39.1 Å². The largest absolute Gasteiger partial charge is 0.336 e. The van der Waals surface area contributed by atoms with Gasteiger partial charge >= 0.3 is 0 Å². The van der Waals surface area contributed by atoms with Crippen molar-refractivity contribution in [3.05, 3.63) is 52.3 Å². The molecule has 30 heavy (non-hydrogen) atoms. The monoisotopic (exact) mass is 470 g/mol. The SMILES string of the molecule is CCn1cc(-c2ccnc3c(C(=O)N(C)Cc4c(Br)cnn4CC)cnn23)c(C)n1. The Morgan fingerprint density at radius 3 is 2.70 bits per heavy atom. The zero-order valence-electron chi connectivity index (χ0n) is 17.4. The Kier molecular flexibility index (Phi) is 5.42. The Morgan fingerprint density at radius 2 is 2.00 bits per heavy atom. The summed E-state index contributed by atoms with van der Waals surface area (Å²) in [5.74, 6) is -0.147. The molecule has 10 heteroatoms. The summed E-state index contributed by atoms with van der Waals surface area (Å²) in [6.07, 6.45) is 7.02. The molecule has 4 heterocycles. The molecule has 0 saturated heterocycles. The highest BCUT2D eigenvalue weighted by Gasteiger charge is 2.22. The van der Waals surface area contributed by atoms with Crippen molar-refractivity contribution in [2.24, 2.45) is 0 Å². The molecule has 4 rings (SSSR count). The van der Waals surface area contributed by atoms with Crippen LogP contribution in [0.25, 0.3) is 16.9 Å². The lowest BCUT2D eigenvalue weighted by Crippen LogP contribution is -2.27. The maximum Gasteiger partial charge on any atom is 0.259 e. The van der Waals surface area contributed by atoms with E-state index in [2.05, 4.69) is 36.2 Å². The molecule has 0 atom stereocenters. The standard InChI is InChI=1S/C20H23BrN8O/c1-5-27-11-15(13(3)25-27)17-7-8-22-19-14(9-24-29(17)19)20(30)26(4)12-18-16(21)10-23-28(18)6-2/h7-11H,5-6,12H2,1-4H3. The van der Waals surface area contributed by atoms with Gasteiger partial charge in [-0.1, -0.05) is 0 Å². The minimum absolute atomic E-state index is 0.147. The molecule has 0 aliphatic heterocycles. The molecule has 0 N–H and O–H groups in total. The van der Waals surface area contributed by atoms with Crippen LogP contribution in [0.2, 0.25) is 0 Å². The van der Waals surface area contributed by atoms with E-state index in [1.807, 2.05) is 42.4 Å². The van der Waals surface area contributed by atoms with Gasteiger partial charge in [0.2, 0.25) is 0 Å². The first-order valence-corrected chi connectivity index (χ1v) is 10.6. The maximum atomic E-state index is 13.2. The Balaban J connectivity index is 1.69. The highest BCUT2D eigenvalue weighted by Crippen LogP contribution is 2.25. The van der Waals surface area contributed by atoms with Gasteiger partial charge in [-0.05, 0) is 42.8 Å². The van der Waals surface area contributed by atoms with Crippen molar-refractivity contribution in [2.45, 2.75) is 40.4 Å². The highest BCUT2D eigenvalue weighted by molar-refractivity contribution is 9.10. The number of aromatic nitrogens is 7. The summed E-state index contributed by atoms with van der Waals surface area (Å²) in [5.41, 5.74) is 4.65. The number of amides is 1. The third-order valence-corrected chi connectivity index (χ3v) is 5.77. The van der Waals surface area contributed by atoms with Crippen LogP contribution in [0.4, 0.5) is 0 Å². The average molecular weight is 471 g/mol. The molecule has 156 valence electrons. The number of carbonyl (C=O) groups is 1. The molecule has 0 aliphatic carbocycles. The quantitative estimate of drug-likeness (QED) is 0.431. The van der Waals surface area contributed by atoms with Crippen LogP contribution >= 0.6 is 15.9 Å². The van der Waals surface area contributed by atoms with Crippen molar-refractivity contribution < 1.29 is 4.79 Å². The lowest BCUT2D eigenvalue weighted by molar-refractivity contribution is 0.0783. The smallest absolute Gasteiger partial charge is 0.259 e. The van der Waals surface area contributed by atoms with E-state index in [4.69, 9.17) is 0 Å². The first-order chi connectivity index (χ1) is 14.4. The number of nitrogens with zero attached hydrogens (tertiary/aromatic N) is 8. The molecular formula is C20H23BrN8O. The Morgan fingerprint density at radius 1 is 1.20 bits per heavy atom. The molecule has 0 unspecified atom stereocenters. The van der Waals surface area contributed by atoms with Crippen molar-refractivity contribution in [1.29, 1.82) is 0 Å². The van der Waals surface area contributed by atoms with E-state index in [0.29, 0.717) is 17.8 Å². The van der Waals surface area contributed by atoms with Crippen LogP contribution in [0.15, 0.2) is 35.3 Å². The Bertz CT molecular complexity index is 1220. The van der Waals surface area contributed by atoms with E-state index in [-0.39, 0.29) is 5.91 Å². The molecule has 1 amide bonds. The van der Waals surface area contributed by atoms with Gasteiger partial charge in [0.25, 0.3) is 5.91 Å². The van der Waals surface area contributed by atoms with Crippen LogP contribution in [0, 0.1) is 6.92 Å². The van der Waals surface area contributed by atoms with Gasteiger partial charge in [0, 0.05) is 38.1 Å². The van der Waals surface area contributed by atoms with Gasteiger partial charge < -0.3 is 4.90 Å². The molecule has 0 bridgehead atoms. The van der Waals surface area contributed by atoms with E-state index >= 15 is 0 Å². The van der Waals surface area contributed by atoms with E-state index in [1.54, 1.807) is 35.1 Å². The molecule has 4 aromatic heterocycles. The van der Waals surface area contributed by atoms with Crippen molar-refractivity contribution >= 4 is 27.5 Å². The molecule has 0 aliphatic rings. The number of rotatable bonds is 6. The van der Waals surface area contributed by atoms with Gasteiger partial charge in [-0.15, -0.1) is 0 Å². The predicted molar refractivity (Wildman–Crippen MR) is 116 cm³/mol. The fourth-order valence-corrected chi connectivity index (χ4v) is 3.92. The minimum atomic E-state index is -0.147. The number of hydrogen-bond donors (Lipinski definition) is 0. The minimum Gasteiger partial charge on any atom is -0.336 e. The fourth-order valence-electron chi connectivity index (χ4n) is 3.50. The number of hydrogen-bond acceptors (Lipinski definition) is 5. The highest BCUT2D eigenvalue weighted by atomic mass is 79.9. The summed E-state index contributed by atoms with van der Waals surface area (Å²) in [5, 5.41) is 13.3. The molecule has 0 radical (unpaired) electrons.